The van der Waals surface area contributed by atoms with Gasteiger partial charge in [0.2, 0.25) is 0 Å². The molecule has 1 N–H and O–H groups in total. The fourth-order valence-corrected chi connectivity index (χ4v) is 1.26. The molecule has 0 aliphatic rings. The minimum absolute atomic E-state index is 0.292. The molecule has 14 heavy (non-hydrogen) atoms. The Kier molecular flexibility index (Phi) is 2.10. The normalized spacial score (nSPS) is 10.1. The Morgan fingerprint density at radius 2 is 2.29 bits per heavy atom. The van der Waals surface area contributed by atoms with Crippen LogP contribution in [0, 0.1) is 5.82 Å². The number of nitrogens with one attached hydrogen (secondary N) is 1. The van der Waals surface area contributed by atoms with Gasteiger partial charge < -0.3 is 4.98 Å². The predicted molar refractivity (Wildman–Crippen MR) is 49.4 cm³/mol. The van der Waals surface area contributed by atoms with E-state index in [1.807, 2.05) is 0 Å². The van der Waals surface area contributed by atoms with Gasteiger partial charge in [-0.05, 0) is 18.2 Å². The fourth-order valence-electron chi connectivity index (χ4n) is 1.26. The number of hydrogen-bond acceptors (Lipinski definition) is 2. The second-order valence-electron chi connectivity index (χ2n) is 2.79. The standard InChI is InChI=1S/C10H7FN2O/c11-8-1-2-9(7(5-8)6-14)10-12-3-4-13-10/h1-6H,(H,12,13). The number of H-pyrrole nitrogens is 1. The van der Waals surface area contributed by atoms with Crippen molar-refractivity contribution in [1.29, 1.82) is 0 Å². The second-order valence-corrected chi connectivity index (χ2v) is 2.79. The summed E-state index contributed by atoms with van der Waals surface area (Å²) >= 11 is 0. The molecule has 0 unspecified atom stereocenters. The monoisotopic (exact) mass is 190 g/mol. The lowest BCUT2D eigenvalue weighted by molar-refractivity contribution is 0.112. The smallest absolute Gasteiger partial charge is 0.150 e. The molecular formula is C10H7FN2O. The molecule has 0 bridgehead atoms. The summed E-state index contributed by atoms with van der Waals surface area (Å²) in [6.45, 7) is 0. The van der Waals surface area contributed by atoms with Crippen LogP contribution in [-0.4, -0.2) is 16.3 Å². The van der Waals surface area contributed by atoms with Gasteiger partial charge in [0.1, 0.15) is 11.6 Å². The van der Waals surface area contributed by atoms with Crippen molar-refractivity contribution < 1.29 is 9.18 Å². The minimum atomic E-state index is -0.428. The summed E-state index contributed by atoms with van der Waals surface area (Å²) in [5, 5.41) is 0. The topological polar surface area (TPSA) is 45.8 Å². The van der Waals surface area contributed by atoms with Crippen LogP contribution < -0.4 is 0 Å². The number of nitrogens with zero attached hydrogens (tertiary/aromatic N) is 1. The van der Waals surface area contributed by atoms with E-state index in [0.29, 0.717) is 23.2 Å². The average Bonchev–Trinajstić information content (AvgIpc) is 2.70. The molecule has 1 heterocycles. The first kappa shape index (κ1) is 8.62. The highest BCUT2D eigenvalue weighted by molar-refractivity contribution is 5.85. The zero-order valence-corrected chi connectivity index (χ0v) is 7.20. The van der Waals surface area contributed by atoms with Crippen LogP contribution in [-0.2, 0) is 0 Å². The van der Waals surface area contributed by atoms with E-state index in [1.54, 1.807) is 12.4 Å². The van der Waals surface area contributed by atoms with E-state index < -0.39 is 5.82 Å². The molecule has 0 fully saturated rings. The number of aromatic nitrogens is 2. The average molecular weight is 190 g/mol. The molecule has 2 rings (SSSR count). The lowest BCUT2D eigenvalue weighted by Crippen LogP contribution is -1.90. The Morgan fingerprint density at radius 1 is 1.43 bits per heavy atom. The maximum absolute atomic E-state index is 12.8. The van der Waals surface area contributed by atoms with Gasteiger partial charge in [-0.3, -0.25) is 4.79 Å². The van der Waals surface area contributed by atoms with Crippen LogP contribution in [0.1, 0.15) is 10.4 Å². The fraction of sp³-hybridized carbons (Fsp3) is 0. The third-order valence-electron chi connectivity index (χ3n) is 1.89. The van der Waals surface area contributed by atoms with Gasteiger partial charge in [0.15, 0.2) is 6.29 Å². The number of aromatic amines is 1. The van der Waals surface area contributed by atoms with Crippen molar-refractivity contribution in [3.05, 3.63) is 42.0 Å². The molecule has 0 atom stereocenters. The van der Waals surface area contributed by atoms with Crippen molar-refractivity contribution in [3.8, 4) is 11.4 Å². The Bertz CT molecular complexity index is 451. The molecule has 0 aliphatic carbocycles. The third kappa shape index (κ3) is 1.42. The van der Waals surface area contributed by atoms with Crippen LogP contribution in [0.3, 0.4) is 0 Å². The summed E-state index contributed by atoms with van der Waals surface area (Å²) in [5.41, 5.74) is 0.895. The summed E-state index contributed by atoms with van der Waals surface area (Å²) in [6, 6.07) is 4.01. The van der Waals surface area contributed by atoms with Crippen LogP contribution in [0.2, 0.25) is 0 Å². The minimum Gasteiger partial charge on any atom is -0.345 e. The molecule has 2 aromatic rings. The number of aldehydes is 1. The predicted octanol–water partition coefficient (Wildman–Crippen LogP) is 2.03. The third-order valence-corrected chi connectivity index (χ3v) is 1.89. The van der Waals surface area contributed by atoms with Crippen molar-refractivity contribution in [2.45, 2.75) is 0 Å². The van der Waals surface area contributed by atoms with Gasteiger partial charge in [0.05, 0.1) is 0 Å². The van der Waals surface area contributed by atoms with E-state index >= 15 is 0 Å². The van der Waals surface area contributed by atoms with Crippen LogP contribution >= 0.6 is 0 Å². The van der Waals surface area contributed by atoms with Crippen molar-refractivity contribution in [3.63, 3.8) is 0 Å². The van der Waals surface area contributed by atoms with Gasteiger partial charge >= 0.3 is 0 Å². The van der Waals surface area contributed by atoms with Gasteiger partial charge in [-0.2, -0.15) is 0 Å². The van der Waals surface area contributed by atoms with E-state index in [4.69, 9.17) is 0 Å². The van der Waals surface area contributed by atoms with Gasteiger partial charge in [0.25, 0.3) is 0 Å². The number of imidazole rings is 1. The molecule has 0 spiro atoms. The van der Waals surface area contributed by atoms with Crippen LogP contribution in [0.4, 0.5) is 4.39 Å². The van der Waals surface area contributed by atoms with Crippen molar-refractivity contribution in [1.82, 2.24) is 9.97 Å². The summed E-state index contributed by atoms with van der Waals surface area (Å²) in [4.78, 5) is 17.5. The first-order chi connectivity index (χ1) is 6.81. The van der Waals surface area contributed by atoms with Crippen molar-refractivity contribution in [2.24, 2.45) is 0 Å². The van der Waals surface area contributed by atoms with E-state index in [-0.39, 0.29) is 0 Å². The quantitative estimate of drug-likeness (QED) is 0.736. The first-order valence-electron chi connectivity index (χ1n) is 4.06. The Hall–Kier alpha value is -1.97. The Balaban J connectivity index is 2.58. The summed E-state index contributed by atoms with van der Waals surface area (Å²) < 4.78 is 12.8. The highest BCUT2D eigenvalue weighted by Crippen LogP contribution is 2.19. The second kappa shape index (κ2) is 3.41. The summed E-state index contributed by atoms with van der Waals surface area (Å²) in [6.07, 6.45) is 3.83. The molecule has 0 saturated heterocycles. The van der Waals surface area contributed by atoms with Gasteiger partial charge in [-0.1, -0.05) is 0 Å². The van der Waals surface area contributed by atoms with Crippen molar-refractivity contribution >= 4 is 6.29 Å². The molecule has 0 amide bonds. The summed E-state index contributed by atoms with van der Waals surface area (Å²) in [5.74, 6) is 0.134. The van der Waals surface area contributed by atoms with Crippen molar-refractivity contribution in [2.75, 3.05) is 0 Å². The zero-order valence-electron chi connectivity index (χ0n) is 7.20. The van der Waals surface area contributed by atoms with E-state index in [0.717, 1.165) is 0 Å². The lowest BCUT2D eigenvalue weighted by Gasteiger charge is -2.00. The number of carbonyl (C=O) groups is 1. The number of benzene rings is 1. The molecule has 1 aromatic carbocycles. The SMILES string of the molecule is O=Cc1cc(F)ccc1-c1ncc[nH]1. The molecule has 1 aromatic heterocycles. The Labute approximate surface area is 79.6 Å². The maximum Gasteiger partial charge on any atom is 0.150 e. The highest BCUT2D eigenvalue weighted by Gasteiger charge is 2.06. The molecule has 0 aliphatic heterocycles. The van der Waals surface area contributed by atoms with Gasteiger partial charge in [-0.15, -0.1) is 0 Å². The highest BCUT2D eigenvalue weighted by atomic mass is 19.1. The van der Waals surface area contributed by atoms with Crippen LogP contribution in [0.5, 0.6) is 0 Å². The molecular weight excluding hydrogens is 183 g/mol. The summed E-state index contributed by atoms with van der Waals surface area (Å²) in [7, 11) is 0. The number of halogens is 1. The van der Waals surface area contributed by atoms with E-state index in [1.165, 1.54) is 18.2 Å². The zero-order chi connectivity index (χ0) is 9.97. The maximum atomic E-state index is 12.8. The van der Waals surface area contributed by atoms with Gasteiger partial charge in [0, 0.05) is 23.5 Å². The van der Waals surface area contributed by atoms with E-state index in [2.05, 4.69) is 9.97 Å². The number of carbonyl (C=O) groups excluding carboxylic acids is 1. The number of hydrogen-bond donors (Lipinski definition) is 1. The molecule has 70 valence electrons. The first-order valence-corrected chi connectivity index (χ1v) is 4.06. The Morgan fingerprint density at radius 3 is 2.93 bits per heavy atom. The van der Waals surface area contributed by atoms with Crippen LogP contribution in [0.15, 0.2) is 30.6 Å². The molecule has 0 saturated carbocycles. The van der Waals surface area contributed by atoms with Gasteiger partial charge in [-0.25, -0.2) is 9.37 Å². The molecule has 3 nitrogen and oxygen atoms in total. The molecule has 0 radical (unpaired) electrons. The number of rotatable bonds is 2. The van der Waals surface area contributed by atoms with E-state index in [9.17, 15) is 9.18 Å². The lowest BCUT2D eigenvalue weighted by atomic mass is 10.1. The molecule has 4 heteroatoms. The largest absolute Gasteiger partial charge is 0.345 e. The van der Waals surface area contributed by atoms with Crippen LogP contribution in [0.25, 0.3) is 11.4 Å².